The van der Waals surface area contributed by atoms with E-state index in [4.69, 9.17) is 15.6 Å². The molecule has 0 aliphatic carbocycles. The van der Waals surface area contributed by atoms with Crippen molar-refractivity contribution in [2.75, 3.05) is 18.9 Å². The van der Waals surface area contributed by atoms with Gasteiger partial charge in [-0.1, -0.05) is 12.1 Å². The fourth-order valence-electron chi connectivity index (χ4n) is 2.36. The van der Waals surface area contributed by atoms with E-state index >= 15 is 0 Å². The molecule has 12 nitrogen and oxygen atoms in total. The van der Waals surface area contributed by atoms with Crippen LogP contribution in [0.1, 0.15) is 25.3 Å². The third-order valence-corrected chi connectivity index (χ3v) is 5.17. The molecule has 2 unspecified atom stereocenters. The van der Waals surface area contributed by atoms with Gasteiger partial charge in [0.05, 0.1) is 11.5 Å². The van der Waals surface area contributed by atoms with Crippen LogP contribution in [0.25, 0.3) is 0 Å². The van der Waals surface area contributed by atoms with Crippen LogP contribution in [0, 0.1) is 10.1 Å². The minimum atomic E-state index is -1.24. The highest BCUT2D eigenvalue weighted by atomic mass is 32.2. The summed E-state index contributed by atoms with van der Waals surface area (Å²) in [5.74, 6) is -2.47. The predicted octanol–water partition coefficient (Wildman–Crippen LogP) is 0.184. The Hall–Kier alpha value is -3.19. The van der Waals surface area contributed by atoms with Crippen LogP contribution in [0.4, 0.5) is 5.69 Å². The Balaban J connectivity index is 2.67. The van der Waals surface area contributed by atoms with Gasteiger partial charge in [-0.05, 0) is 18.9 Å². The highest BCUT2D eigenvalue weighted by Gasteiger charge is 2.22. The molecule has 0 spiro atoms. The number of hydrogen-bond acceptors (Lipinski definition) is 9. The molecule has 0 saturated heterocycles. The van der Waals surface area contributed by atoms with Gasteiger partial charge >= 0.3 is 11.9 Å². The van der Waals surface area contributed by atoms with Gasteiger partial charge in [-0.2, -0.15) is 11.8 Å². The number of amides is 2. The van der Waals surface area contributed by atoms with Gasteiger partial charge in [0.1, 0.15) is 18.6 Å². The predicted molar refractivity (Wildman–Crippen MR) is 116 cm³/mol. The number of carbonyl (C=O) groups is 4. The summed E-state index contributed by atoms with van der Waals surface area (Å²) in [4.78, 5) is 57.1. The highest BCUT2D eigenvalue weighted by molar-refractivity contribution is 7.98. The van der Waals surface area contributed by atoms with E-state index in [2.05, 4.69) is 10.6 Å². The number of nitrogens with zero attached hydrogens (tertiary/aromatic N) is 1. The summed E-state index contributed by atoms with van der Waals surface area (Å²) in [7, 11) is 0. The van der Waals surface area contributed by atoms with Crippen molar-refractivity contribution in [3.8, 4) is 0 Å². The van der Waals surface area contributed by atoms with E-state index in [9.17, 15) is 29.3 Å². The van der Waals surface area contributed by atoms with Gasteiger partial charge in [-0.25, -0.2) is 0 Å². The smallest absolute Gasteiger partial charge is 0.325 e. The first-order chi connectivity index (χ1) is 15.1. The van der Waals surface area contributed by atoms with Crippen LogP contribution in [0.3, 0.4) is 0 Å². The number of aliphatic carboxylic acids is 1. The van der Waals surface area contributed by atoms with Gasteiger partial charge in [0, 0.05) is 30.1 Å². The minimum absolute atomic E-state index is 0.0400. The number of carboxylic acids is 1. The van der Waals surface area contributed by atoms with E-state index in [-0.39, 0.29) is 37.4 Å². The third kappa shape index (κ3) is 10.2. The van der Waals surface area contributed by atoms with Crippen LogP contribution < -0.4 is 16.4 Å². The molecule has 0 radical (unpaired) electrons. The number of non-ortho nitro benzene ring substituents is 1. The molecule has 1 aromatic carbocycles. The number of carbonyl (C=O) groups excluding carboxylic acids is 3. The topological polar surface area (TPSA) is 191 Å². The Morgan fingerprint density at radius 1 is 1.25 bits per heavy atom. The lowest BCUT2D eigenvalue weighted by Crippen LogP contribution is -2.49. The summed E-state index contributed by atoms with van der Waals surface area (Å²) in [6.45, 7) is 1.42. The lowest BCUT2D eigenvalue weighted by atomic mass is 10.1. The molecule has 0 aliphatic rings. The zero-order valence-electron chi connectivity index (χ0n) is 17.4. The first kappa shape index (κ1) is 26.8. The molecule has 0 saturated carbocycles. The number of nitrogens with two attached hydrogens (primary N) is 1. The van der Waals surface area contributed by atoms with Crippen molar-refractivity contribution in [3.05, 3.63) is 39.9 Å². The van der Waals surface area contributed by atoms with Crippen molar-refractivity contribution in [3.63, 3.8) is 0 Å². The Labute approximate surface area is 188 Å². The molecule has 0 aromatic heterocycles. The second-order valence-electron chi connectivity index (χ2n) is 6.57. The van der Waals surface area contributed by atoms with Crippen LogP contribution in [0.15, 0.2) is 24.3 Å². The highest BCUT2D eigenvalue weighted by Crippen LogP contribution is 2.17. The molecule has 0 fully saturated rings. The first-order valence-corrected chi connectivity index (χ1v) is 10.8. The van der Waals surface area contributed by atoms with Gasteiger partial charge in [-0.3, -0.25) is 29.3 Å². The van der Waals surface area contributed by atoms with E-state index in [0.29, 0.717) is 5.75 Å². The van der Waals surface area contributed by atoms with Crippen molar-refractivity contribution in [1.82, 2.24) is 10.6 Å². The molecule has 2 atom stereocenters. The standard InChI is InChI=1S/C19H26N4O8S/c1-2-31-17(25)9-21-18(26)15(22-16(24)8-7-14(20)19(27)28)11-32-10-12-3-5-13(6-4-12)23(29)30/h3-6,14-15H,2,7-11,20H2,1H3,(H,21,26)(H,22,24)(H,27,28). The SMILES string of the molecule is CCOC(=O)CNC(=O)C(CSCc1ccc([N+](=O)[O-])cc1)NC(=O)CCC(N)C(=O)O. The lowest BCUT2D eigenvalue weighted by Gasteiger charge is -2.18. The van der Waals surface area contributed by atoms with Gasteiger partial charge in [-0.15, -0.1) is 0 Å². The molecule has 5 N–H and O–H groups in total. The van der Waals surface area contributed by atoms with Crippen LogP contribution in [0.5, 0.6) is 0 Å². The number of benzene rings is 1. The van der Waals surface area contributed by atoms with Crippen LogP contribution in [-0.2, 0) is 29.7 Å². The van der Waals surface area contributed by atoms with E-state index in [1.165, 1.54) is 23.9 Å². The summed E-state index contributed by atoms with van der Waals surface area (Å²) < 4.78 is 4.74. The number of hydrogen-bond donors (Lipinski definition) is 4. The van der Waals surface area contributed by atoms with E-state index in [1.807, 2.05) is 0 Å². The lowest BCUT2D eigenvalue weighted by molar-refractivity contribution is -0.384. The minimum Gasteiger partial charge on any atom is -0.480 e. The van der Waals surface area contributed by atoms with Gasteiger partial charge in [0.2, 0.25) is 11.8 Å². The van der Waals surface area contributed by atoms with Crippen LogP contribution in [0.2, 0.25) is 0 Å². The zero-order valence-corrected chi connectivity index (χ0v) is 18.3. The summed E-state index contributed by atoms with van der Waals surface area (Å²) in [6, 6.07) is 3.72. The normalized spacial score (nSPS) is 12.3. The number of nitrogens with one attached hydrogen (secondary N) is 2. The van der Waals surface area contributed by atoms with Crippen molar-refractivity contribution in [2.24, 2.45) is 5.73 Å². The van der Waals surface area contributed by atoms with E-state index < -0.39 is 40.8 Å². The van der Waals surface area contributed by atoms with Gasteiger partial charge < -0.3 is 26.2 Å². The second-order valence-corrected chi connectivity index (χ2v) is 7.60. The maximum atomic E-state index is 12.5. The van der Waals surface area contributed by atoms with Gasteiger partial charge in [0.25, 0.3) is 5.69 Å². The molecule has 0 heterocycles. The number of carboxylic acid groups (broad SMARTS) is 1. The Morgan fingerprint density at radius 2 is 1.91 bits per heavy atom. The molecule has 2 amide bonds. The number of ether oxygens (including phenoxy) is 1. The molecular weight excluding hydrogens is 444 g/mol. The van der Waals surface area contributed by atoms with Crippen molar-refractivity contribution >= 4 is 41.2 Å². The number of nitro benzene ring substituents is 1. The molecule has 176 valence electrons. The first-order valence-electron chi connectivity index (χ1n) is 9.66. The number of thioether (sulfide) groups is 1. The maximum Gasteiger partial charge on any atom is 0.325 e. The maximum absolute atomic E-state index is 12.5. The number of rotatable bonds is 14. The summed E-state index contributed by atoms with van der Waals surface area (Å²) in [5.41, 5.74) is 6.12. The summed E-state index contributed by atoms with van der Waals surface area (Å²) >= 11 is 1.29. The van der Waals surface area contributed by atoms with Crippen LogP contribution >= 0.6 is 11.8 Å². The van der Waals surface area contributed by atoms with Crippen molar-refractivity contribution in [2.45, 2.75) is 37.6 Å². The third-order valence-electron chi connectivity index (χ3n) is 4.06. The second kappa shape index (κ2) is 14.0. The summed E-state index contributed by atoms with van der Waals surface area (Å²) in [6.07, 6.45) is -0.295. The number of esters is 1. The van der Waals surface area contributed by atoms with Crippen molar-refractivity contribution in [1.29, 1.82) is 0 Å². The molecule has 13 heteroatoms. The zero-order chi connectivity index (χ0) is 24.1. The van der Waals surface area contributed by atoms with E-state index in [0.717, 1.165) is 5.56 Å². The van der Waals surface area contributed by atoms with Gasteiger partial charge in [0.15, 0.2) is 0 Å². The molecule has 0 aliphatic heterocycles. The largest absolute Gasteiger partial charge is 0.480 e. The Kier molecular flexibility index (Phi) is 11.7. The molecule has 0 bridgehead atoms. The molecule has 1 aromatic rings. The molecule has 1 rings (SSSR count). The fourth-order valence-corrected chi connectivity index (χ4v) is 3.38. The summed E-state index contributed by atoms with van der Waals surface area (Å²) in [5, 5.41) is 24.4. The molecule has 32 heavy (non-hydrogen) atoms. The van der Waals surface area contributed by atoms with Crippen LogP contribution in [-0.4, -0.2) is 64.8 Å². The quantitative estimate of drug-likeness (QED) is 0.166. The molecular formula is C19H26N4O8S. The monoisotopic (exact) mass is 470 g/mol. The average Bonchev–Trinajstić information content (AvgIpc) is 2.75. The fraction of sp³-hybridized carbons (Fsp3) is 0.474. The van der Waals surface area contributed by atoms with E-state index in [1.54, 1.807) is 19.1 Å². The average molecular weight is 471 g/mol. The Morgan fingerprint density at radius 3 is 2.47 bits per heavy atom. The number of nitro groups is 1. The van der Waals surface area contributed by atoms with Crippen molar-refractivity contribution < 1.29 is 33.9 Å². The Bertz CT molecular complexity index is 818.